The predicted molar refractivity (Wildman–Crippen MR) is 65.6 cm³/mol. The number of aromatic nitrogens is 3. The Morgan fingerprint density at radius 2 is 2.05 bits per heavy atom. The zero-order chi connectivity index (χ0) is 14.9. The average Bonchev–Trinajstić information content (AvgIpc) is 2.82. The van der Waals surface area contributed by atoms with Crippen LogP contribution in [-0.4, -0.2) is 20.8 Å². The summed E-state index contributed by atoms with van der Waals surface area (Å²) >= 11 is 1.21. The molecule has 0 atom stereocenters. The van der Waals surface area contributed by atoms with E-state index in [2.05, 4.69) is 14.4 Å². The first-order chi connectivity index (χ1) is 9.31. The van der Waals surface area contributed by atoms with Crippen LogP contribution >= 0.6 is 11.8 Å². The van der Waals surface area contributed by atoms with Gasteiger partial charge in [0.15, 0.2) is 5.16 Å². The van der Waals surface area contributed by atoms with E-state index in [0.717, 1.165) is 10.6 Å². The second kappa shape index (κ2) is 5.31. The van der Waals surface area contributed by atoms with E-state index in [9.17, 15) is 18.0 Å². The van der Waals surface area contributed by atoms with Gasteiger partial charge >= 0.3 is 11.9 Å². The lowest BCUT2D eigenvalue weighted by atomic mass is 10.4. The smallest absolute Gasteiger partial charge is 0.449 e. The molecule has 108 valence electrons. The van der Waals surface area contributed by atoms with Gasteiger partial charge in [-0.1, -0.05) is 11.8 Å². The Morgan fingerprint density at radius 3 is 2.55 bits per heavy atom. The van der Waals surface area contributed by atoms with Crippen LogP contribution in [0.25, 0.3) is 0 Å². The fraction of sp³-hybridized carbons (Fsp3) is 0.364. The summed E-state index contributed by atoms with van der Waals surface area (Å²) < 4.78 is 43.0. The highest BCUT2D eigenvalue weighted by Crippen LogP contribution is 2.30. The Labute approximate surface area is 115 Å². The lowest BCUT2D eigenvalue weighted by Gasteiger charge is -2.07. The van der Waals surface area contributed by atoms with Crippen LogP contribution < -0.4 is 5.69 Å². The summed E-state index contributed by atoms with van der Waals surface area (Å²) in [5.74, 6) is -0.720. The third kappa shape index (κ3) is 3.03. The summed E-state index contributed by atoms with van der Waals surface area (Å²) in [6, 6.07) is 2.00. The van der Waals surface area contributed by atoms with E-state index >= 15 is 0 Å². The minimum Gasteiger partial charge on any atom is -0.455 e. The molecular formula is C11H10F3N3O2S. The SMILES string of the molecule is CSc1nc(C)n(Cc2ccc(C(F)(F)F)o2)c(=O)n1. The normalized spacial score (nSPS) is 11.8. The molecule has 0 fully saturated rings. The number of aryl methyl sites for hydroxylation is 1. The first-order valence-electron chi connectivity index (χ1n) is 5.46. The molecular weight excluding hydrogens is 295 g/mol. The zero-order valence-electron chi connectivity index (χ0n) is 10.6. The van der Waals surface area contributed by atoms with E-state index in [-0.39, 0.29) is 12.3 Å². The van der Waals surface area contributed by atoms with Crippen molar-refractivity contribution < 1.29 is 17.6 Å². The summed E-state index contributed by atoms with van der Waals surface area (Å²) in [5, 5.41) is 0.319. The molecule has 0 bridgehead atoms. The summed E-state index contributed by atoms with van der Waals surface area (Å²) in [6.45, 7) is 1.44. The molecule has 0 radical (unpaired) electrons. The van der Waals surface area contributed by atoms with E-state index in [1.807, 2.05) is 0 Å². The van der Waals surface area contributed by atoms with Gasteiger partial charge in [-0.3, -0.25) is 4.57 Å². The molecule has 0 saturated heterocycles. The average molecular weight is 305 g/mol. The van der Waals surface area contributed by atoms with E-state index in [1.165, 1.54) is 17.8 Å². The molecule has 20 heavy (non-hydrogen) atoms. The maximum Gasteiger partial charge on any atom is 0.449 e. The molecule has 5 nitrogen and oxygen atoms in total. The topological polar surface area (TPSA) is 60.9 Å². The van der Waals surface area contributed by atoms with E-state index in [1.54, 1.807) is 13.2 Å². The van der Waals surface area contributed by atoms with Crippen LogP contribution in [0.5, 0.6) is 0 Å². The Hall–Kier alpha value is -1.77. The Bertz CT molecular complexity index is 678. The van der Waals surface area contributed by atoms with Crippen LogP contribution in [0.15, 0.2) is 26.5 Å². The van der Waals surface area contributed by atoms with Crippen molar-refractivity contribution in [2.75, 3.05) is 6.26 Å². The highest BCUT2D eigenvalue weighted by Gasteiger charge is 2.34. The van der Waals surface area contributed by atoms with Gasteiger partial charge in [-0.15, -0.1) is 0 Å². The number of furan rings is 1. The van der Waals surface area contributed by atoms with Gasteiger partial charge in [0.05, 0.1) is 6.54 Å². The first-order valence-corrected chi connectivity index (χ1v) is 6.69. The van der Waals surface area contributed by atoms with Crippen molar-refractivity contribution in [2.45, 2.75) is 24.8 Å². The fourth-order valence-electron chi connectivity index (χ4n) is 1.55. The molecule has 9 heteroatoms. The molecule has 2 aromatic rings. The molecule has 2 rings (SSSR count). The van der Waals surface area contributed by atoms with Crippen molar-refractivity contribution in [3.8, 4) is 0 Å². The number of hydrogen-bond donors (Lipinski definition) is 0. The van der Waals surface area contributed by atoms with Crippen molar-refractivity contribution in [1.29, 1.82) is 0 Å². The summed E-state index contributed by atoms with van der Waals surface area (Å²) in [5.41, 5.74) is -0.577. The second-order valence-electron chi connectivity index (χ2n) is 3.89. The summed E-state index contributed by atoms with van der Waals surface area (Å²) in [6.07, 6.45) is -2.82. The third-order valence-electron chi connectivity index (χ3n) is 2.51. The van der Waals surface area contributed by atoms with Gasteiger partial charge in [0.25, 0.3) is 0 Å². The minimum absolute atomic E-state index is 0.0167. The Morgan fingerprint density at radius 1 is 1.35 bits per heavy atom. The van der Waals surface area contributed by atoms with Crippen molar-refractivity contribution >= 4 is 11.8 Å². The lowest BCUT2D eigenvalue weighted by Crippen LogP contribution is -2.27. The molecule has 0 aromatic carbocycles. The molecule has 0 amide bonds. The van der Waals surface area contributed by atoms with E-state index in [4.69, 9.17) is 0 Å². The van der Waals surface area contributed by atoms with Gasteiger partial charge in [-0.25, -0.2) is 9.78 Å². The lowest BCUT2D eigenvalue weighted by molar-refractivity contribution is -0.153. The molecule has 0 saturated carbocycles. The van der Waals surface area contributed by atoms with Gasteiger partial charge < -0.3 is 4.42 Å². The quantitative estimate of drug-likeness (QED) is 0.815. The van der Waals surface area contributed by atoms with Gasteiger partial charge in [-0.2, -0.15) is 18.2 Å². The van der Waals surface area contributed by atoms with Crippen molar-refractivity contribution in [1.82, 2.24) is 14.5 Å². The molecule has 0 aliphatic rings. The first kappa shape index (κ1) is 14.6. The maximum absolute atomic E-state index is 12.4. The standard InChI is InChI=1S/C11H10F3N3O2S/c1-6-15-9(20-2)16-10(18)17(6)5-7-3-4-8(19-7)11(12,13)14/h3-4H,5H2,1-2H3. The van der Waals surface area contributed by atoms with Crippen LogP contribution in [-0.2, 0) is 12.7 Å². The van der Waals surface area contributed by atoms with Crippen LogP contribution in [0.1, 0.15) is 17.3 Å². The largest absolute Gasteiger partial charge is 0.455 e. The molecule has 0 spiro atoms. The number of alkyl halides is 3. The molecule has 0 N–H and O–H groups in total. The molecule has 2 aromatic heterocycles. The van der Waals surface area contributed by atoms with Crippen LogP contribution in [0.3, 0.4) is 0 Å². The summed E-state index contributed by atoms with van der Waals surface area (Å²) in [4.78, 5) is 19.5. The van der Waals surface area contributed by atoms with Crippen molar-refractivity contribution in [3.05, 3.63) is 40.0 Å². The Balaban J connectivity index is 2.31. The fourth-order valence-corrected chi connectivity index (χ4v) is 1.94. The van der Waals surface area contributed by atoms with Gasteiger partial charge in [0.2, 0.25) is 5.76 Å². The predicted octanol–water partition coefficient (Wildman–Crippen LogP) is 2.33. The highest BCUT2D eigenvalue weighted by molar-refractivity contribution is 7.98. The van der Waals surface area contributed by atoms with E-state index in [0.29, 0.717) is 11.0 Å². The maximum atomic E-state index is 12.4. The van der Waals surface area contributed by atoms with Gasteiger partial charge in [-0.05, 0) is 25.3 Å². The highest BCUT2D eigenvalue weighted by atomic mass is 32.2. The number of rotatable bonds is 3. The van der Waals surface area contributed by atoms with Gasteiger partial charge in [0, 0.05) is 0 Å². The monoisotopic (exact) mass is 305 g/mol. The molecule has 0 unspecified atom stereocenters. The third-order valence-corrected chi connectivity index (χ3v) is 3.06. The molecule has 0 aliphatic carbocycles. The second-order valence-corrected chi connectivity index (χ2v) is 4.66. The minimum atomic E-state index is -4.54. The molecule has 0 aliphatic heterocycles. The number of nitrogens with zero attached hydrogens (tertiary/aromatic N) is 3. The molecule has 2 heterocycles. The van der Waals surface area contributed by atoms with E-state index < -0.39 is 17.6 Å². The number of hydrogen-bond acceptors (Lipinski definition) is 5. The van der Waals surface area contributed by atoms with Gasteiger partial charge in [0.1, 0.15) is 11.6 Å². The zero-order valence-corrected chi connectivity index (χ0v) is 11.4. The number of halogens is 3. The van der Waals surface area contributed by atoms with Crippen LogP contribution in [0, 0.1) is 6.92 Å². The van der Waals surface area contributed by atoms with Crippen molar-refractivity contribution in [2.24, 2.45) is 0 Å². The van der Waals surface area contributed by atoms with Crippen LogP contribution in [0.2, 0.25) is 0 Å². The number of thioether (sulfide) groups is 1. The van der Waals surface area contributed by atoms with Crippen LogP contribution in [0.4, 0.5) is 13.2 Å². The Kier molecular flexibility index (Phi) is 3.89. The summed E-state index contributed by atoms with van der Waals surface area (Å²) in [7, 11) is 0. The van der Waals surface area contributed by atoms with Crippen molar-refractivity contribution in [3.63, 3.8) is 0 Å².